The van der Waals surface area contributed by atoms with Crippen molar-refractivity contribution in [2.24, 2.45) is 11.7 Å². The Morgan fingerprint density at radius 2 is 2.00 bits per heavy atom. The predicted octanol–water partition coefficient (Wildman–Crippen LogP) is 2.80. The van der Waals surface area contributed by atoms with Crippen molar-refractivity contribution in [2.75, 3.05) is 39.9 Å². The zero-order valence-electron chi connectivity index (χ0n) is 15.2. The van der Waals surface area contributed by atoms with Crippen LogP contribution in [0, 0.1) is 5.92 Å². The van der Waals surface area contributed by atoms with Crippen LogP contribution in [0.25, 0.3) is 0 Å². The summed E-state index contributed by atoms with van der Waals surface area (Å²) in [6.45, 7) is 8.18. The molecule has 0 saturated carbocycles. The van der Waals surface area contributed by atoms with E-state index in [4.69, 9.17) is 10.5 Å². The minimum absolute atomic E-state index is 0. The van der Waals surface area contributed by atoms with Crippen molar-refractivity contribution in [3.8, 4) is 0 Å². The number of morpholine rings is 1. The van der Waals surface area contributed by atoms with E-state index < -0.39 is 6.04 Å². The third-order valence-electron chi connectivity index (χ3n) is 4.22. The molecular formula is C17H31Cl2N3O2S. The first kappa shape index (κ1) is 24.6. The Kier molecular flexibility index (Phi) is 11.9. The van der Waals surface area contributed by atoms with Gasteiger partial charge in [0.2, 0.25) is 5.91 Å². The van der Waals surface area contributed by atoms with Crippen molar-refractivity contribution < 1.29 is 9.53 Å². The molecule has 0 aliphatic carbocycles. The van der Waals surface area contributed by atoms with E-state index in [1.807, 2.05) is 7.05 Å². The van der Waals surface area contributed by atoms with Gasteiger partial charge in [0.15, 0.2) is 0 Å². The number of nitrogens with two attached hydrogens (primary N) is 1. The number of thiophene rings is 1. The Labute approximate surface area is 167 Å². The van der Waals surface area contributed by atoms with Crippen LogP contribution in [0.3, 0.4) is 0 Å². The van der Waals surface area contributed by atoms with E-state index in [2.05, 4.69) is 36.3 Å². The normalized spacial score (nSPS) is 17.3. The van der Waals surface area contributed by atoms with Crippen LogP contribution in [-0.2, 0) is 9.53 Å². The van der Waals surface area contributed by atoms with Crippen LogP contribution in [0.2, 0.25) is 0 Å². The van der Waals surface area contributed by atoms with Crippen LogP contribution in [0.15, 0.2) is 17.5 Å². The molecule has 25 heavy (non-hydrogen) atoms. The van der Waals surface area contributed by atoms with Crippen LogP contribution in [0.4, 0.5) is 0 Å². The van der Waals surface area contributed by atoms with Crippen molar-refractivity contribution >= 4 is 42.1 Å². The minimum Gasteiger partial charge on any atom is -0.379 e. The van der Waals surface area contributed by atoms with Gasteiger partial charge in [-0.25, -0.2) is 0 Å². The molecule has 2 N–H and O–H groups in total. The van der Waals surface area contributed by atoms with Gasteiger partial charge in [-0.3, -0.25) is 9.69 Å². The van der Waals surface area contributed by atoms with Gasteiger partial charge in [0.1, 0.15) is 0 Å². The Morgan fingerprint density at radius 3 is 2.52 bits per heavy atom. The van der Waals surface area contributed by atoms with Gasteiger partial charge < -0.3 is 15.4 Å². The number of carbonyl (C=O) groups is 1. The molecule has 8 heteroatoms. The maximum atomic E-state index is 12.5. The monoisotopic (exact) mass is 411 g/mol. The van der Waals surface area contributed by atoms with E-state index in [1.54, 1.807) is 16.2 Å². The number of ether oxygens (including phenoxy) is 1. The highest BCUT2D eigenvalue weighted by Crippen LogP contribution is 2.27. The van der Waals surface area contributed by atoms with Crippen LogP contribution < -0.4 is 5.73 Å². The second kappa shape index (κ2) is 12.1. The molecular weight excluding hydrogens is 381 g/mol. The molecule has 2 heterocycles. The number of rotatable bonds is 7. The van der Waals surface area contributed by atoms with Crippen LogP contribution in [0.1, 0.15) is 31.2 Å². The summed E-state index contributed by atoms with van der Waals surface area (Å²) in [5.41, 5.74) is 6.07. The maximum Gasteiger partial charge on any atom is 0.239 e. The molecule has 1 aliphatic rings. The Bertz CT molecular complexity index is 482. The molecule has 146 valence electrons. The van der Waals surface area contributed by atoms with Gasteiger partial charge >= 0.3 is 0 Å². The molecule has 1 aromatic heterocycles. The summed E-state index contributed by atoms with van der Waals surface area (Å²) < 4.78 is 5.46. The fraction of sp³-hybridized carbons (Fsp3) is 0.706. The fourth-order valence-corrected chi connectivity index (χ4v) is 3.85. The van der Waals surface area contributed by atoms with Crippen molar-refractivity contribution in [1.82, 2.24) is 9.80 Å². The van der Waals surface area contributed by atoms with Gasteiger partial charge in [-0.15, -0.1) is 36.2 Å². The van der Waals surface area contributed by atoms with Gasteiger partial charge in [-0.05, 0) is 23.8 Å². The van der Waals surface area contributed by atoms with Crippen molar-refractivity contribution in [1.29, 1.82) is 0 Å². The highest BCUT2D eigenvalue weighted by atomic mass is 35.5. The first-order chi connectivity index (χ1) is 11.0. The van der Waals surface area contributed by atoms with Gasteiger partial charge in [0.05, 0.1) is 25.3 Å². The van der Waals surface area contributed by atoms with E-state index >= 15 is 0 Å². The highest BCUT2D eigenvalue weighted by Gasteiger charge is 2.27. The van der Waals surface area contributed by atoms with Gasteiger partial charge in [-0.2, -0.15) is 0 Å². The average Bonchev–Trinajstić information content (AvgIpc) is 3.05. The number of hydrogen-bond acceptors (Lipinski definition) is 5. The number of carbonyl (C=O) groups excluding carboxylic acids is 1. The molecule has 1 aliphatic heterocycles. The second-order valence-electron chi connectivity index (χ2n) is 6.63. The van der Waals surface area contributed by atoms with Crippen LogP contribution in [0.5, 0.6) is 0 Å². The molecule has 1 amide bonds. The first-order valence-electron chi connectivity index (χ1n) is 8.34. The lowest BCUT2D eigenvalue weighted by Crippen LogP contribution is -2.48. The third kappa shape index (κ3) is 7.41. The van der Waals surface area contributed by atoms with Crippen molar-refractivity contribution in [2.45, 2.75) is 32.4 Å². The summed E-state index contributed by atoms with van der Waals surface area (Å²) >= 11 is 1.75. The summed E-state index contributed by atoms with van der Waals surface area (Å²) in [5, 5.41) is 2.09. The Hall–Kier alpha value is -0.370. The van der Waals surface area contributed by atoms with Crippen molar-refractivity contribution in [3.63, 3.8) is 0 Å². The lowest BCUT2D eigenvalue weighted by atomic mass is 10.0. The fourth-order valence-electron chi connectivity index (χ4n) is 3.00. The standard InChI is InChI=1S/C17H29N3O2S.2ClH/c1-13(2)11-14(18)17(21)19(3)12-15(16-5-4-10-23-16)20-6-8-22-9-7-20;;/h4-5,10,13-15H,6-9,11-12,18H2,1-3H3;2*1H/t14-,15?;;/m0../s1. The lowest BCUT2D eigenvalue weighted by Gasteiger charge is -2.36. The first-order valence-corrected chi connectivity index (χ1v) is 9.22. The van der Waals surface area contributed by atoms with E-state index in [0.717, 1.165) is 32.7 Å². The summed E-state index contributed by atoms with van der Waals surface area (Å²) in [6, 6.07) is 4.03. The number of hydrogen-bond donors (Lipinski definition) is 1. The van der Waals surface area contributed by atoms with E-state index in [0.29, 0.717) is 12.5 Å². The molecule has 1 saturated heterocycles. The zero-order valence-corrected chi connectivity index (χ0v) is 17.7. The Morgan fingerprint density at radius 1 is 1.36 bits per heavy atom. The largest absolute Gasteiger partial charge is 0.379 e. The average molecular weight is 412 g/mol. The second-order valence-corrected chi connectivity index (χ2v) is 7.61. The summed E-state index contributed by atoms with van der Waals surface area (Å²) in [6.07, 6.45) is 0.727. The Balaban J connectivity index is 0.00000288. The predicted molar refractivity (Wildman–Crippen MR) is 109 cm³/mol. The molecule has 0 radical (unpaired) electrons. The quantitative estimate of drug-likeness (QED) is 0.748. The molecule has 0 bridgehead atoms. The van der Waals surface area contributed by atoms with Gasteiger partial charge in [-0.1, -0.05) is 19.9 Å². The molecule has 0 spiro atoms. The molecule has 2 atom stereocenters. The minimum atomic E-state index is -0.409. The number of halogens is 2. The molecule has 0 aromatic carbocycles. The third-order valence-corrected chi connectivity index (χ3v) is 5.20. The van der Waals surface area contributed by atoms with Crippen molar-refractivity contribution in [3.05, 3.63) is 22.4 Å². The maximum absolute atomic E-state index is 12.5. The molecule has 5 nitrogen and oxygen atoms in total. The van der Waals surface area contributed by atoms with Crippen LogP contribution >= 0.6 is 36.2 Å². The topological polar surface area (TPSA) is 58.8 Å². The molecule has 1 unspecified atom stereocenters. The van der Waals surface area contributed by atoms with E-state index in [9.17, 15) is 4.79 Å². The zero-order chi connectivity index (χ0) is 16.8. The highest BCUT2D eigenvalue weighted by molar-refractivity contribution is 7.10. The molecule has 1 fully saturated rings. The summed E-state index contributed by atoms with van der Waals surface area (Å²) in [5.74, 6) is 0.461. The smallest absolute Gasteiger partial charge is 0.239 e. The summed E-state index contributed by atoms with van der Waals surface area (Å²) in [7, 11) is 1.86. The number of amides is 1. The van der Waals surface area contributed by atoms with Gasteiger partial charge in [0.25, 0.3) is 0 Å². The van der Waals surface area contributed by atoms with Gasteiger partial charge in [0, 0.05) is 31.6 Å². The number of nitrogens with zero attached hydrogens (tertiary/aromatic N) is 2. The molecule has 2 rings (SSSR count). The summed E-state index contributed by atoms with van der Waals surface area (Å²) in [4.78, 5) is 18.0. The van der Waals surface area contributed by atoms with E-state index in [-0.39, 0.29) is 36.8 Å². The SMILES string of the molecule is CC(C)C[C@H](N)C(=O)N(C)CC(c1cccs1)N1CCOCC1.Cl.Cl. The lowest BCUT2D eigenvalue weighted by molar-refractivity contribution is -0.132. The molecule has 1 aromatic rings. The van der Waals surface area contributed by atoms with E-state index in [1.165, 1.54) is 4.88 Å². The van der Waals surface area contributed by atoms with Crippen LogP contribution in [-0.4, -0.2) is 61.6 Å². The number of likely N-dealkylation sites (N-methyl/N-ethyl adjacent to an activating group) is 1.